The van der Waals surface area contributed by atoms with Gasteiger partial charge in [-0.3, -0.25) is 0 Å². The summed E-state index contributed by atoms with van der Waals surface area (Å²) in [5, 5.41) is 0. The van der Waals surface area contributed by atoms with Crippen LogP contribution in [0.4, 0.5) is 5.69 Å². The summed E-state index contributed by atoms with van der Waals surface area (Å²) in [6.45, 7) is 1.61. The highest BCUT2D eigenvalue weighted by Gasteiger charge is 2.45. The van der Waals surface area contributed by atoms with Crippen molar-refractivity contribution in [2.75, 3.05) is 18.0 Å². The van der Waals surface area contributed by atoms with Gasteiger partial charge in [0, 0.05) is 29.6 Å². The van der Waals surface area contributed by atoms with Gasteiger partial charge in [0.1, 0.15) is 4.90 Å². The molecule has 0 aromatic heterocycles. The molecule has 1 aromatic rings. The highest BCUT2D eigenvalue weighted by Crippen LogP contribution is 2.42. The normalized spacial score (nSPS) is 28.9. The third-order valence-corrected chi connectivity index (χ3v) is 7.00. The number of benzene rings is 1. The van der Waals surface area contributed by atoms with Crippen LogP contribution in [-0.4, -0.2) is 37.9 Å². The molecule has 1 unspecified atom stereocenters. The summed E-state index contributed by atoms with van der Waals surface area (Å²) in [4.78, 5) is 2.78. The number of fused-ring (bicyclic) bond motifs is 3. The maximum atomic E-state index is 12.9. The molecule has 0 bridgehead atoms. The first-order valence-electron chi connectivity index (χ1n) is 7.15. The molecule has 4 nitrogen and oxygen atoms in total. The van der Waals surface area contributed by atoms with E-state index in [1.54, 1.807) is 10.4 Å². The van der Waals surface area contributed by atoms with Crippen LogP contribution in [0.3, 0.4) is 0 Å². The average Bonchev–Trinajstić information content (AvgIpc) is 3.14. The van der Waals surface area contributed by atoms with Crippen molar-refractivity contribution in [2.45, 2.75) is 42.7 Å². The molecule has 3 aliphatic rings. The Balaban J connectivity index is 1.92. The van der Waals surface area contributed by atoms with Gasteiger partial charge in [0.05, 0.1) is 5.69 Å². The van der Waals surface area contributed by atoms with Crippen LogP contribution in [0.25, 0.3) is 0 Å². The van der Waals surface area contributed by atoms with Crippen LogP contribution in [0.2, 0.25) is 0 Å². The largest absolute Gasteiger partial charge is 0.366 e. The van der Waals surface area contributed by atoms with Crippen molar-refractivity contribution in [1.82, 2.24) is 4.31 Å². The number of hydrogen-bond donors (Lipinski definition) is 0. The molecule has 4 rings (SSSR count). The lowest BCUT2D eigenvalue weighted by atomic mass is 10.2. The molecule has 1 aromatic carbocycles. The van der Waals surface area contributed by atoms with Crippen LogP contribution in [0.1, 0.15) is 25.7 Å². The zero-order valence-corrected chi connectivity index (χ0v) is 13.5. The Morgan fingerprint density at radius 3 is 2.70 bits per heavy atom. The van der Waals surface area contributed by atoms with E-state index in [1.807, 2.05) is 12.1 Å². The van der Waals surface area contributed by atoms with Crippen molar-refractivity contribution in [3.8, 4) is 0 Å². The van der Waals surface area contributed by atoms with Crippen molar-refractivity contribution in [1.29, 1.82) is 0 Å². The minimum atomic E-state index is -3.34. The van der Waals surface area contributed by atoms with Crippen molar-refractivity contribution in [2.24, 2.45) is 0 Å². The SMILES string of the molecule is O=S1(=O)c2ccc(Br)cc2N2CCCC2CN1C1CC1. The summed E-state index contributed by atoms with van der Waals surface area (Å²) in [7, 11) is -3.34. The van der Waals surface area contributed by atoms with E-state index >= 15 is 0 Å². The predicted molar refractivity (Wildman–Crippen MR) is 81.4 cm³/mol. The first kappa shape index (κ1) is 13.1. The summed E-state index contributed by atoms with van der Waals surface area (Å²) in [6.07, 6.45) is 4.26. The van der Waals surface area contributed by atoms with Gasteiger partial charge in [0.25, 0.3) is 0 Å². The van der Waals surface area contributed by atoms with Gasteiger partial charge in [-0.05, 0) is 43.9 Å². The quantitative estimate of drug-likeness (QED) is 0.776. The van der Waals surface area contributed by atoms with E-state index in [2.05, 4.69) is 20.8 Å². The van der Waals surface area contributed by atoms with Crippen LogP contribution in [-0.2, 0) is 10.0 Å². The minimum absolute atomic E-state index is 0.233. The number of sulfonamides is 1. The van der Waals surface area contributed by atoms with E-state index in [9.17, 15) is 8.42 Å². The highest BCUT2D eigenvalue weighted by atomic mass is 79.9. The summed E-state index contributed by atoms with van der Waals surface area (Å²) < 4.78 is 28.6. The van der Waals surface area contributed by atoms with Crippen LogP contribution in [0.5, 0.6) is 0 Å². The zero-order valence-electron chi connectivity index (χ0n) is 11.1. The molecule has 1 saturated carbocycles. The molecule has 20 heavy (non-hydrogen) atoms. The van der Waals surface area contributed by atoms with E-state index in [0.29, 0.717) is 17.5 Å². The summed E-state index contributed by atoms with van der Waals surface area (Å²) in [5.41, 5.74) is 0.880. The van der Waals surface area contributed by atoms with E-state index < -0.39 is 10.0 Å². The minimum Gasteiger partial charge on any atom is -0.366 e. The Morgan fingerprint density at radius 2 is 1.95 bits per heavy atom. The Bertz CT molecular complexity index is 657. The first-order chi connectivity index (χ1) is 9.57. The lowest BCUT2D eigenvalue weighted by molar-refractivity contribution is 0.381. The Labute approximate surface area is 127 Å². The summed E-state index contributed by atoms with van der Waals surface area (Å²) >= 11 is 3.47. The summed E-state index contributed by atoms with van der Waals surface area (Å²) in [6, 6.07) is 6.11. The third-order valence-electron chi connectivity index (χ3n) is 4.54. The van der Waals surface area contributed by atoms with Crippen LogP contribution >= 0.6 is 15.9 Å². The second-order valence-electron chi connectivity index (χ2n) is 5.91. The lowest BCUT2D eigenvalue weighted by Crippen LogP contribution is -2.40. The molecular weight excluding hydrogens is 340 g/mol. The van der Waals surface area contributed by atoms with Crippen molar-refractivity contribution in [3.63, 3.8) is 0 Å². The number of hydrogen-bond acceptors (Lipinski definition) is 3. The molecule has 0 spiro atoms. The number of nitrogens with zero attached hydrogens (tertiary/aromatic N) is 2. The van der Waals surface area contributed by atoms with Gasteiger partial charge in [-0.1, -0.05) is 15.9 Å². The Morgan fingerprint density at radius 1 is 1.15 bits per heavy atom. The maximum absolute atomic E-state index is 12.9. The van der Waals surface area contributed by atoms with Crippen LogP contribution in [0.15, 0.2) is 27.6 Å². The zero-order chi connectivity index (χ0) is 13.9. The molecule has 6 heteroatoms. The molecule has 2 fully saturated rings. The Hall–Kier alpha value is -0.590. The molecule has 2 heterocycles. The van der Waals surface area contributed by atoms with Gasteiger partial charge in [-0.15, -0.1) is 0 Å². The maximum Gasteiger partial charge on any atom is 0.245 e. The van der Waals surface area contributed by atoms with Gasteiger partial charge in [0.2, 0.25) is 10.0 Å². The molecule has 108 valence electrons. The van der Waals surface area contributed by atoms with Gasteiger partial charge < -0.3 is 4.90 Å². The van der Waals surface area contributed by atoms with Crippen LogP contribution in [0, 0.1) is 0 Å². The van der Waals surface area contributed by atoms with Gasteiger partial charge >= 0.3 is 0 Å². The fourth-order valence-electron chi connectivity index (χ4n) is 3.42. The molecule has 0 N–H and O–H groups in total. The highest BCUT2D eigenvalue weighted by molar-refractivity contribution is 9.10. The smallest absolute Gasteiger partial charge is 0.245 e. The van der Waals surface area contributed by atoms with Crippen molar-refractivity contribution >= 4 is 31.6 Å². The topological polar surface area (TPSA) is 40.6 Å². The number of rotatable bonds is 1. The summed E-state index contributed by atoms with van der Waals surface area (Å²) in [5.74, 6) is 0. The average molecular weight is 357 g/mol. The fourth-order valence-corrected chi connectivity index (χ4v) is 5.67. The fraction of sp³-hybridized carbons (Fsp3) is 0.571. The first-order valence-corrected chi connectivity index (χ1v) is 9.39. The Kier molecular flexibility index (Phi) is 2.91. The van der Waals surface area contributed by atoms with Crippen molar-refractivity contribution < 1.29 is 8.42 Å². The second-order valence-corrected chi connectivity index (χ2v) is 8.68. The molecule has 0 amide bonds. The molecule has 0 radical (unpaired) electrons. The third kappa shape index (κ3) is 1.92. The van der Waals surface area contributed by atoms with E-state index in [-0.39, 0.29) is 6.04 Å². The van der Waals surface area contributed by atoms with E-state index in [0.717, 1.165) is 42.4 Å². The van der Waals surface area contributed by atoms with E-state index in [4.69, 9.17) is 0 Å². The molecule has 2 aliphatic heterocycles. The number of anilines is 1. The van der Waals surface area contributed by atoms with Crippen molar-refractivity contribution in [3.05, 3.63) is 22.7 Å². The van der Waals surface area contributed by atoms with Gasteiger partial charge in [0.15, 0.2) is 0 Å². The molecule has 1 aliphatic carbocycles. The monoisotopic (exact) mass is 356 g/mol. The molecule has 1 saturated heterocycles. The van der Waals surface area contributed by atoms with Crippen LogP contribution < -0.4 is 4.90 Å². The predicted octanol–water partition coefficient (Wildman–Crippen LogP) is 2.58. The second kappa shape index (κ2) is 4.45. The lowest BCUT2D eigenvalue weighted by Gasteiger charge is -2.26. The standard InChI is InChI=1S/C14H17BrN2O2S/c15-10-3-6-14-13(8-10)16-7-1-2-12(16)9-17(11-4-5-11)20(14,18)19/h3,6,8,11-12H,1-2,4-5,7,9H2. The molecular formula is C14H17BrN2O2S. The molecule has 1 atom stereocenters. The number of halogens is 1. The van der Waals surface area contributed by atoms with Gasteiger partial charge in [-0.25, -0.2) is 8.42 Å². The van der Waals surface area contributed by atoms with E-state index in [1.165, 1.54) is 0 Å². The van der Waals surface area contributed by atoms with Gasteiger partial charge in [-0.2, -0.15) is 4.31 Å².